The Morgan fingerprint density at radius 2 is 1.12 bits per heavy atom. The molecular weight excluding hydrogens is 220 g/mol. The molecule has 4 nitrogen and oxygen atoms in total. The zero-order valence-corrected chi connectivity index (χ0v) is 9.48. The van der Waals surface area contributed by atoms with Gasteiger partial charge in [0.2, 0.25) is 11.6 Å². The second kappa shape index (κ2) is 3.29. The van der Waals surface area contributed by atoms with Crippen molar-refractivity contribution in [2.24, 2.45) is 0 Å². The molecule has 2 heterocycles. The summed E-state index contributed by atoms with van der Waals surface area (Å²) in [6.07, 6.45) is 0.597. The van der Waals surface area contributed by atoms with Crippen LogP contribution < -0.4 is 0 Å². The Labute approximate surface area is 99.4 Å². The van der Waals surface area contributed by atoms with E-state index in [1.807, 2.05) is 24.3 Å². The minimum atomic E-state index is -0.652. The molecule has 0 aromatic heterocycles. The van der Waals surface area contributed by atoms with Crippen LogP contribution in [0, 0.1) is 0 Å². The molecule has 0 atom stereocenters. The summed E-state index contributed by atoms with van der Waals surface area (Å²) in [6, 6.07) is 8.08. The number of rotatable bonds is 0. The third-order valence-corrected chi connectivity index (χ3v) is 3.72. The van der Waals surface area contributed by atoms with Crippen LogP contribution in [0.25, 0.3) is 0 Å². The van der Waals surface area contributed by atoms with Crippen LogP contribution in [-0.4, -0.2) is 26.4 Å². The summed E-state index contributed by atoms with van der Waals surface area (Å²) >= 11 is 0. The molecule has 1 aliphatic carbocycles. The molecule has 1 aromatic carbocycles. The number of hydrogen-bond donors (Lipinski definition) is 0. The van der Waals surface area contributed by atoms with Crippen molar-refractivity contribution in [3.8, 4) is 0 Å². The molecule has 0 saturated carbocycles. The van der Waals surface area contributed by atoms with Crippen LogP contribution in [0.1, 0.15) is 17.5 Å². The van der Waals surface area contributed by atoms with E-state index in [2.05, 4.69) is 0 Å². The van der Waals surface area contributed by atoms with Crippen LogP contribution in [-0.2, 0) is 30.5 Å². The van der Waals surface area contributed by atoms with Gasteiger partial charge < -0.3 is 18.9 Å². The van der Waals surface area contributed by atoms with Gasteiger partial charge >= 0.3 is 0 Å². The predicted octanol–water partition coefficient (Wildman–Crippen LogP) is 1.49. The average molecular weight is 234 g/mol. The molecule has 0 amide bonds. The van der Waals surface area contributed by atoms with Gasteiger partial charge in [-0.15, -0.1) is 0 Å². The molecule has 3 aliphatic rings. The first-order chi connectivity index (χ1) is 8.35. The molecule has 0 unspecified atom stereocenters. The number of ether oxygens (including phenoxy) is 4. The van der Waals surface area contributed by atoms with Crippen molar-refractivity contribution < 1.29 is 18.9 Å². The van der Waals surface area contributed by atoms with Crippen LogP contribution in [0.2, 0.25) is 0 Å². The summed E-state index contributed by atoms with van der Waals surface area (Å²) in [5.74, 6) is -1.30. The maximum absolute atomic E-state index is 5.83. The predicted molar refractivity (Wildman–Crippen MR) is 58.2 cm³/mol. The Morgan fingerprint density at radius 1 is 0.706 bits per heavy atom. The first kappa shape index (κ1) is 10.0. The van der Waals surface area contributed by atoms with Gasteiger partial charge in [-0.1, -0.05) is 24.3 Å². The van der Waals surface area contributed by atoms with Gasteiger partial charge in [0.15, 0.2) is 0 Å². The lowest BCUT2D eigenvalue weighted by Crippen LogP contribution is -2.30. The minimum Gasteiger partial charge on any atom is -0.343 e. The lowest BCUT2D eigenvalue weighted by Gasteiger charge is -2.26. The molecule has 2 spiro atoms. The summed E-state index contributed by atoms with van der Waals surface area (Å²) in [5, 5.41) is 0. The molecule has 17 heavy (non-hydrogen) atoms. The van der Waals surface area contributed by atoms with E-state index in [0.29, 0.717) is 32.8 Å². The Hall–Kier alpha value is -0.940. The fourth-order valence-corrected chi connectivity index (χ4v) is 3.07. The Bertz CT molecular complexity index is 403. The summed E-state index contributed by atoms with van der Waals surface area (Å²) in [7, 11) is 0. The van der Waals surface area contributed by atoms with Gasteiger partial charge in [-0.25, -0.2) is 0 Å². The van der Waals surface area contributed by atoms with Crippen LogP contribution in [0.3, 0.4) is 0 Å². The maximum atomic E-state index is 5.83. The Balaban J connectivity index is 1.89. The fourth-order valence-electron chi connectivity index (χ4n) is 3.07. The van der Waals surface area contributed by atoms with E-state index in [4.69, 9.17) is 18.9 Å². The molecule has 4 heteroatoms. The van der Waals surface area contributed by atoms with Crippen LogP contribution >= 0.6 is 0 Å². The minimum absolute atomic E-state index is 0.597. The van der Waals surface area contributed by atoms with E-state index in [1.165, 1.54) is 0 Å². The normalized spacial score (nSPS) is 28.0. The third-order valence-electron chi connectivity index (χ3n) is 3.72. The van der Waals surface area contributed by atoms with Gasteiger partial charge in [0.25, 0.3) is 0 Å². The molecule has 4 rings (SSSR count). The average Bonchev–Trinajstić information content (AvgIpc) is 3.06. The SMILES string of the molecule is c1ccc2c(c1)C1(CC23OCCO3)OCCO1. The van der Waals surface area contributed by atoms with Crippen molar-refractivity contribution in [3.05, 3.63) is 35.4 Å². The fraction of sp³-hybridized carbons (Fsp3) is 0.538. The highest BCUT2D eigenvalue weighted by Crippen LogP contribution is 2.54. The second-order valence-electron chi connectivity index (χ2n) is 4.62. The van der Waals surface area contributed by atoms with Crippen LogP contribution in [0.4, 0.5) is 0 Å². The first-order valence-electron chi connectivity index (χ1n) is 6.01. The molecule has 1 aromatic rings. The number of benzene rings is 1. The maximum Gasteiger partial charge on any atom is 0.201 e. The number of fused-ring (bicyclic) bond motifs is 3. The summed E-state index contributed by atoms with van der Waals surface area (Å²) in [5.41, 5.74) is 2.11. The van der Waals surface area contributed by atoms with Gasteiger partial charge in [0, 0.05) is 11.1 Å². The largest absolute Gasteiger partial charge is 0.343 e. The topological polar surface area (TPSA) is 36.9 Å². The van der Waals surface area contributed by atoms with E-state index in [0.717, 1.165) is 11.1 Å². The van der Waals surface area contributed by atoms with Gasteiger partial charge in [0.05, 0.1) is 32.8 Å². The van der Waals surface area contributed by atoms with E-state index >= 15 is 0 Å². The molecule has 0 bridgehead atoms. The lowest BCUT2D eigenvalue weighted by atomic mass is 10.1. The second-order valence-corrected chi connectivity index (χ2v) is 4.62. The highest BCUT2D eigenvalue weighted by Gasteiger charge is 2.59. The summed E-state index contributed by atoms with van der Waals surface area (Å²) in [6.45, 7) is 2.52. The summed E-state index contributed by atoms with van der Waals surface area (Å²) in [4.78, 5) is 0. The first-order valence-corrected chi connectivity index (χ1v) is 6.01. The smallest absolute Gasteiger partial charge is 0.201 e. The molecule has 2 saturated heterocycles. The molecule has 0 N–H and O–H groups in total. The monoisotopic (exact) mass is 234 g/mol. The Morgan fingerprint density at radius 3 is 1.53 bits per heavy atom. The molecule has 0 radical (unpaired) electrons. The zero-order chi connectivity index (χ0) is 11.3. The van der Waals surface area contributed by atoms with Gasteiger partial charge in [-0.05, 0) is 0 Å². The quantitative estimate of drug-likeness (QED) is 0.681. The van der Waals surface area contributed by atoms with Gasteiger partial charge in [-0.3, -0.25) is 0 Å². The van der Waals surface area contributed by atoms with E-state index < -0.39 is 11.6 Å². The van der Waals surface area contributed by atoms with Crippen molar-refractivity contribution >= 4 is 0 Å². The van der Waals surface area contributed by atoms with E-state index in [-0.39, 0.29) is 0 Å². The molecular formula is C13H14O4. The third kappa shape index (κ3) is 1.21. The van der Waals surface area contributed by atoms with E-state index in [9.17, 15) is 0 Å². The van der Waals surface area contributed by atoms with Crippen molar-refractivity contribution in [2.75, 3.05) is 26.4 Å². The standard InChI is InChI=1S/C13H14O4/c1-2-4-11-10(3-1)12(14-5-6-15-12)9-13(11)16-7-8-17-13/h1-4H,5-9H2. The van der Waals surface area contributed by atoms with Crippen molar-refractivity contribution in [1.82, 2.24) is 0 Å². The molecule has 90 valence electrons. The highest BCUT2D eigenvalue weighted by molar-refractivity contribution is 5.40. The zero-order valence-electron chi connectivity index (χ0n) is 9.48. The van der Waals surface area contributed by atoms with E-state index in [1.54, 1.807) is 0 Å². The van der Waals surface area contributed by atoms with Gasteiger partial charge in [0.1, 0.15) is 0 Å². The Kier molecular flexibility index (Phi) is 1.94. The van der Waals surface area contributed by atoms with Gasteiger partial charge in [-0.2, -0.15) is 0 Å². The summed E-state index contributed by atoms with van der Waals surface area (Å²) < 4.78 is 23.3. The molecule has 2 fully saturated rings. The van der Waals surface area contributed by atoms with Crippen LogP contribution in [0.15, 0.2) is 24.3 Å². The van der Waals surface area contributed by atoms with Crippen molar-refractivity contribution in [2.45, 2.75) is 18.0 Å². The molecule has 2 aliphatic heterocycles. The number of hydrogen-bond acceptors (Lipinski definition) is 4. The van der Waals surface area contributed by atoms with Crippen molar-refractivity contribution in [3.63, 3.8) is 0 Å². The lowest BCUT2D eigenvalue weighted by molar-refractivity contribution is -0.239. The van der Waals surface area contributed by atoms with Crippen molar-refractivity contribution in [1.29, 1.82) is 0 Å². The highest BCUT2D eigenvalue weighted by atomic mass is 16.8. The van der Waals surface area contributed by atoms with Crippen LogP contribution in [0.5, 0.6) is 0 Å².